The second-order valence-corrected chi connectivity index (χ2v) is 10.4. The van der Waals surface area contributed by atoms with Gasteiger partial charge in [0.05, 0.1) is 23.6 Å². The normalized spacial score (nSPS) is 13.8. The standard InChI is InChI=1S/C35H32FNO4/c1-23-8-17-30-32(34(23)41-22-24-6-4-3-5-7-24)31(25-9-11-27(12-10-25)35(38)39-2)33(26-18-20-40-21-19-26)37(30)29-15-13-28(36)14-16-29/h3-17,26H,18-22H2,1-2H3. The van der Waals surface area contributed by atoms with Gasteiger partial charge in [0.2, 0.25) is 0 Å². The van der Waals surface area contributed by atoms with Crippen LogP contribution in [0.15, 0.2) is 91.0 Å². The molecule has 1 fully saturated rings. The van der Waals surface area contributed by atoms with Gasteiger partial charge in [0.1, 0.15) is 18.2 Å². The van der Waals surface area contributed by atoms with Gasteiger partial charge in [-0.1, -0.05) is 48.5 Å². The average molecular weight is 550 g/mol. The van der Waals surface area contributed by atoms with E-state index in [1.54, 1.807) is 12.1 Å². The molecule has 0 saturated carbocycles. The summed E-state index contributed by atoms with van der Waals surface area (Å²) in [5.41, 5.74) is 7.62. The maximum Gasteiger partial charge on any atom is 0.337 e. The Kier molecular flexibility index (Phi) is 7.57. The first-order valence-corrected chi connectivity index (χ1v) is 13.9. The summed E-state index contributed by atoms with van der Waals surface area (Å²) < 4.78 is 33.6. The number of esters is 1. The Labute approximate surface area is 239 Å². The molecule has 1 aliphatic rings. The quantitative estimate of drug-likeness (QED) is 0.193. The summed E-state index contributed by atoms with van der Waals surface area (Å²) >= 11 is 0. The number of ether oxygens (including phenoxy) is 3. The van der Waals surface area contributed by atoms with E-state index in [9.17, 15) is 9.18 Å². The third kappa shape index (κ3) is 5.23. The van der Waals surface area contributed by atoms with E-state index in [0.29, 0.717) is 25.4 Å². The summed E-state index contributed by atoms with van der Waals surface area (Å²) in [6.45, 7) is 3.84. The Balaban J connectivity index is 1.64. The number of carbonyl (C=O) groups excluding carboxylic acids is 1. The third-order valence-corrected chi connectivity index (χ3v) is 7.83. The summed E-state index contributed by atoms with van der Waals surface area (Å²) in [4.78, 5) is 12.2. The zero-order valence-electron chi connectivity index (χ0n) is 23.2. The molecule has 208 valence electrons. The molecule has 6 heteroatoms. The molecule has 0 amide bonds. The molecular formula is C35H32FNO4. The lowest BCUT2D eigenvalue weighted by Gasteiger charge is -2.26. The van der Waals surface area contributed by atoms with Gasteiger partial charge in [-0.05, 0) is 78.9 Å². The lowest BCUT2D eigenvalue weighted by Crippen LogP contribution is -2.17. The molecule has 4 aromatic carbocycles. The molecule has 5 nitrogen and oxygen atoms in total. The van der Waals surface area contributed by atoms with Crippen molar-refractivity contribution < 1.29 is 23.4 Å². The SMILES string of the molecule is COC(=O)c1ccc(-c2c(C3CCOCC3)n(-c3ccc(F)cc3)c3ccc(C)c(OCc4ccccc4)c23)cc1. The monoisotopic (exact) mass is 549 g/mol. The molecule has 0 spiro atoms. The van der Waals surface area contributed by atoms with Crippen molar-refractivity contribution in [1.29, 1.82) is 0 Å². The van der Waals surface area contributed by atoms with Gasteiger partial charge in [0, 0.05) is 36.1 Å². The number of benzene rings is 4. The topological polar surface area (TPSA) is 49.7 Å². The Hall–Kier alpha value is -4.42. The van der Waals surface area contributed by atoms with Crippen LogP contribution < -0.4 is 4.74 Å². The van der Waals surface area contributed by atoms with Crippen molar-refractivity contribution in [3.63, 3.8) is 0 Å². The van der Waals surface area contributed by atoms with Gasteiger partial charge in [-0.25, -0.2) is 9.18 Å². The number of aromatic nitrogens is 1. The van der Waals surface area contributed by atoms with Gasteiger partial charge in [-0.3, -0.25) is 0 Å². The van der Waals surface area contributed by atoms with Crippen LogP contribution in [0.5, 0.6) is 5.75 Å². The van der Waals surface area contributed by atoms with E-state index in [-0.39, 0.29) is 17.7 Å². The summed E-state index contributed by atoms with van der Waals surface area (Å²) in [6.07, 6.45) is 1.73. The van der Waals surface area contributed by atoms with E-state index in [1.807, 2.05) is 42.5 Å². The zero-order chi connectivity index (χ0) is 28.3. The van der Waals surface area contributed by atoms with E-state index in [1.165, 1.54) is 19.2 Å². The highest BCUT2D eigenvalue weighted by atomic mass is 19.1. The fraction of sp³-hybridized carbons (Fsp3) is 0.229. The fourth-order valence-electron chi connectivity index (χ4n) is 5.80. The second-order valence-electron chi connectivity index (χ2n) is 10.4. The molecule has 0 atom stereocenters. The van der Waals surface area contributed by atoms with E-state index in [0.717, 1.165) is 63.1 Å². The number of fused-ring (bicyclic) bond motifs is 1. The minimum Gasteiger partial charge on any atom is -0.488 e. The molecule has 5 aromatic rings. The van der Waals surface area contributed by atoms with Crippen LogP contribution in [0, 0.1) is 12.7 Å². The molecule has 0 aliphatic carbocycles. The summed E-state index contributed by atoms with van der Waals surface area (Å²) in [6, 6.07) is 28.5. The smallest absolute Gasteiger partial charge is 0.337 e. The molecule has 1 saturated heterocycles. The molecular weight excluding hydrogens is 517 g/mol. The van der Waals surface area contributed by atoms with E-state index in [4.69, 9.17) is 14.2 Å². The first-order valence-electron chi connectivity index (χ1n) is 13.9. The first kappa shape index (κ1) is 26.8. The van der Waals surface area contributed by atoms with Crippen LogP contribution >= 0.6 is 0 Å². The van der Waals surface area contributed by atoms with Crippen molar-refractivity contribution in [1.82, 2.24) is 4.57 Å². The largest absolute Gasteiger partial charge is 0.488 e. The zero-order valence-corrected chi connectivity index (χ0v) is 23.2. The molecule has 0 bridgehead atoms. The Morgan fingerprint density at radius 3 is 2.32 bits per heavy atom. The minimum atomic E-state index is -0.377. The number of aryl methyl sites for hydroxylation is 1. The summed E-state index contributed by atoms with van der Waals surface area (Å²) in [5, 5.41) is 0.998. The Morgan fingerprint density at radius 2 is 1.63 bits per heavy atom. The maximum atomic E-state index is 14.1. The highest BCUT2D eigenvalue weighted by molar-refractivity contribution is 6.04. The van der Waals surface area contributed by atoms with E-state index in [2.05, 4.69) is 35.8 Å². The van der Waals surface area contributed by atoms with Crippen LogP contribution in [0.4, 0.5) is 4.39 Å². The first-order chi connectivity index (χ1) is 20.0. The fourth-order valence-corrected chi connectivity index (χ4v) is 5.80. The minimum absolute atomic E-state index is 0.207. The Bertz CT molecular complexity index is 1670. The van der Waals surface area contributed by atoms with Gasteiger partial charge in [-0.15, -0.1) is 0 Å². The van der Waals surface area contributed by atoms with Gasteiger partial charge < -0.3 is 18.8 Å². The van der Waals surface area contributed by atoms with Gasteiger partial charge in [-0.2, -0.15) is 0 Å². The molecule has 1 aliphatic heterocycles. The third-order valence-electron chi connectivity index (χ3n) is 7.83. The number of hydrogen-bond donors (Lipinski definition) is 0. The number of rotatable bonds is 7. The van der Waals surface area contributed by atoms with Gasteiger partial charge in [0.15, 0.2) is 0 Å². The molecule has 2 heterocycles. The van der Waals surface area contributed by atoms with Crippen LogP contribution in [-0.2, 0) is 16.1 Å². The number of carbonyl (C=O) groups is 1. The lowest BCUT2D eigenvalue weighted by molar-refractivity contribution is 0.0600. The number of halogens is 1. The van der Waals surface area contributed by atoms with Crippen LogP contribution in [0.3, 0.4) is 0 Å². The molecule has 0 radical (unpaired) electrons. The number of hydrogen-bond acceptors (Lipinski definition) is 4. The predicted octanol–water partition coefficient (Wildman–Crippen LogP) is 8.00. The highest BCUT2D eigenvalue weighted by Gasteiger charge is 2.30. The molecule has 6 rings (SSSR count). The molecule has 41 heavy (non-hydrogen) atoms. The number of nitrogens with zero attached hydrogens (tertiary/aromatic N) is 1. The van der Waals surface area contributed by atoms with E-state index < -0.39 is 0 Å². The molecule has 0 N–H and O–H groups in total. The second kappa shape index (κ2) is 11.6. The predicted molar refractivity (Wildman–Crippen MR) is 158 cm³/mol. The van der Waals surface area contributed by atoms with Crippen LogP contribution in [0.1, 0.15) is 45.9 Å². The summed E-state index contributed by atoms with van der Waals surface area (Å²) in [7, 11) is 1.38. The average Bonchev–Trinajstić information content (AvgIpc) is 3.37. The maximum absolute atomic E-state index is 14.1. The van der Waals surface area contributed by atoms with Gasteiger partial charge >= 0.3 is 5.97 Å². The van der Waals surface area contributed by atoms with Crippen LogP contribution in [0.25, 0.3) is 27.7 Å². The van der Waals surface area contributed by atoms with Gasteiger partial charge in [0.25, 0.3) is 0 Å². The lowest BCUT2D eigenvalue weighted by atomic mass is 9.89. The Morgan fingerprint density at radius 1 is 0.927 bits per heavy atom. The molecule has 0 unspecified atom stereocenters. The highest BCUT2D eigenvalue weighted by Crippen LogP contribution is 2.47. The van der Waals surface area contributed by atoms with Crippen LogP contribution in [0.2, 0.25) is 0 Å². The van der Waals surface area contributed by atoms with Crippen molar-refractivity contribution in [2.24, 2.45) is 0 Å². The van der Waals surface area contributed by atoms with Crippen molar-refractivity contribution in [3.05, 3.63) is 119 Å². The van der Waals surface area contributed by atoms with Crippen molar-refractivity contribution in [3.8, 4) is 22.6 Å². The van der Waals surface area contributed by atoms with Crippen molar-refractivity contribution in [2.45, 2.75) is 32.3 Å². The van der Waals surface area contributed by atoms with Crippen LogP contribution in [-0.4, -0.2) is 30.9 Å². The molecule has 1 aromatic heterocycles. The number of methoxy groups -OCH3 is 1. The van der Waals surface area contributed by atoms with Crippen molar-refractivity contribution in [2.75, 3.05) is 20.3 Å². The van der Waals surface area contributed by atoms with E-state index >= 15 is 0 Å². The van der Waals surface area contributed by atoms with Crippen molar-refractivity contribution >= 4 is 16.9 Å². The summed E-state index contributed by atoms with van der Waals surface area (Å²) in [5.74, 6) is 0.364.